The molecule has 6 heteroatoms. The summed E-state index contributed by atoms with van der Waals surface area (Å²) in [7, 11) is 4.07. The fourth-order valence-corrected chi connectivity index (χ4v) is 3.33. The molecule has 0 unspecified atom stereocenters. The van der Waals surface area contributed by atoms with Gasteiger partial charge in [0, 0.05) is 12.2 Å². The molecule has 0 aliphatic heterocycles. The van der Waals surface area contributed by atoms with Crippen LogP contribution in [0, 0.1) is 0 Å². The third-order valence-electron chi connectivity index (χ3n) is 4.80. The van der Waals surface area contributed by atoms with Gasteiger partial charge in [0.2, 0.25) is 0 Å². The molecule has 1 aliphatic rings. The first-order valence-corrected chi connectivity index (χ1v) is 9.66. The molecule has 0 aromatic heterocycles. The van der Waals surface area contributed by atoms with Crippen LogP contribution in [0.3, 0.4) is 0 Å². The lowest BCUT2D eigenvalue weighted by Gasteiger charge is -2.19. The lowest BCUT2D eigenvalue weighted by Crippen LogP contribution is -2.24. The number of nitrogens with two attached hydrogens (primary N) is 1. The van der Waals surface area contributed by atoms with Crippen LogP contribution in [0.25, 0.3) is 0 Å². The van der Waals surface area contributed by atoms with E-state index in [0.717, 1.165) is 36.4 Å². The second-order valence-electron chi connectivity index (χ2n) is 7.28. The average Bonchev–Trinajstić information content (AvgIpc) is 2.67. The largest absolute Gasteiger partial charge is 0.492 e. The van der Waals surface area contributed by atoms with Gasteiger partial charge in [-0.15, -0.1) is 24.0 Å². The molecule has 0 radical (unpaired) electrons. The molecule has 152 valence electrons. The molecule has 1 aliphatic carbocycles. The second-order valence-corrected chi connectivity index (χ2v) is 7.28. The van der Waals surface area contributed by atoms with E-state index < -0.39 is 0 Å². The van der Waals surface area contributed by atoms with E-state index in [0.29, 0.717) is 19.1 Å². The minimum absolute atomic E-state index is 0. The summed E-state index contributed by atoms with van der Waals surface area (Å²) in [6.45, 7) is 2.09. The van der Waals surface area contributed by atoms with Crippen molar-refractivity contribution in [3.05, 3.63) is 59.2 Å². The number of nitrogens with zero attached hydrogens (tertiary/aromatic N) is 2. The molecule has 0 bridgehead atoms. The molecule has 2 aromatic carbocycles. The van der Waals surface area contributed by atoms with Gasteiger partial charge in [-0.1, -0.05) is 24.3 Å². The van der Waals surface area contributed by atoms with Crippen molar-refractivity contribution in [2.75, 3.05) is 32.6 Å². The highest BCUT2D eigenvalue weighted by atomic mass is 127. The van der Waals surface area contributed by atoms with E-state index in [9.17, 15) is 0 Å². The molecule has 0 fully saturated rings. The number of aryl methyl sites for hydroxylation is 1. The van der Waals surface area contributed by atoms with Crippen LogP contribution in [0.2, 0.25) is 0 Å². The van der Waals surface area contributed by atoms with E-state index in [1.54, 1.807) is 0 Å². The fourth-order valence-electron chi connectivity index (χ4n) is 3.33. The van der Waals surface area contributed by atoms with Crippen molar-refractivity contribution in [3.63, 3.8) is 0 Å². The number of aliphatic imine (C=N–C) groups is 1. The molecule has 2 aromatic rings. The maximum atomic E-state index is 6.14. The average molecular weight is 494 g/mol. The van der Waals surface area contributed by atoms with Gasteiger partial charge in [0.15, 0.2) is 5.96 Å². The predicted octanol–water partition coefficient (Wildman–Crippen LogP) is 4.05. The first kappa shape index (κ1) is 22.5. The molecule has 28 heavy (non-hydrogen) atoms. The highest BCUT2D eigenvalue weighted by molar-refractivity contribution is 14.0. The van der Waals surface area contributed by atoms with Crippen LogP contribution < -0.4 is 15.8 Å². The van der Waals surface area contributed by atoms with Crippen molar-refractivity contribution in [2.45, 2.75) is 32.2 Å². The quantitative estimate of drug-likeness (QED) is 0.347. The molecular weight excluding hydrogens is 463 g/mol. The summed E-state index contributed by atoms with van der Waals surface area (Å²) in [6, 6.07) is 14.4. The van der Waals surface area contributed by atoms with Gasteiger partial charge in [-0.3, -0.25) is 0 Å². The Morgan fingerprint density at radius 2 is 1.93 bits per heavy atom. The van der Waals surface area contributed by atoms with Gasteiger partial charge in [0.1, 0.15) is 12.4 Å². The van der Waals surface area contributed by atoms with Gasteiger partial charge >= 0.3 is 0 Å². The SMILES string of the molecule is CN(C)CCOc1cccc(CN=C(N)Nc2cccc3c2CCCC3)c1.I. The number of halogens is 1. The van der Waals surface area contributed by atoms with Crippen molar-refractivity contribution in [3.8, 4) is 5.75 Å². The molecule has 3 rings (SSSR count). The Morgan fingerprint density at radius 1 is 1.14 bits per heavy atom. The summed E-state index contributed by atoms with van der Waals surface area (Å²) in [6.07, 6.45) is 4.77. The van der Waals surface area contributed by atoms with Crippen LogP contribution in [0.5, 0.6) is 5.75 Å². The number of hydrogen-bond donors (Lipinski definition) is 2. The molecule has 0 amide bonds. The van der Waals surface area contributed by atoms with Crippen LogP contribution in [0.1, 0.15) is 29.5 Å². The number of likely N-dealkylation sites (N-methyl/N-ethyl adjacent to an activating group) is 1. The maximum absolute atomic E-state index is 6.14. The Morgan fingerprint density at radius 3 is 2.75 bits per heavy atom. The number of nitrogens with one attached hydrogen (secondary N) is 1. The van der Waals surface area contributed by atoms with Crippen molar-refractivity contribution < 1.29 is 4.74 Å². The number of ether oxygens (including phenoxy) is 1. The summed E-state index contributed by atoms with van der Waals surface area (Å²) in [5, 5.41) is 3.29. The lowest BCUT2D eigenvalue weighted by atomic mass is 9.90. The number of anilines is 1. The number of benzene rings is 2. The topological polar surface area (TPSA) is 62.9 Å². The van der Waals surface area contributed by atoms with Crippen molar-refractivity contribution in [1.29, 1.82) is 0 Å². The van der Waals surface area contributed by atoms with Crippen molar-refractivity contribution in [2.24, 2.45) is 10.7 Å². The zero-order valence-corrected chi connectivity index (χ0v) is 19.1. The van der Waals surface area contributed by atoms with Gasteiger partial charge in [-0.05, 0) is 74.7 Å². The molecule has 0 saturated carbocycles. The first-order chi connectivity index (χ1) is 13.1. The Balaban J connectivity index is 0.00000280. The van der Waals surface area contributed by atoms with Crippen LogP contribution >= 0.6 is 24.0 Å². The summed E-state index contributed by atoms with van der Waals surface area (Å²) in [5.41, 5.74) is 11.1. The zero-order valence-electron chi connectivity index (χ0n) is 16.8. The normalized spacial score (nSPS) is 13.6. The number of hydrogen-bond acceptors (Lipinski definition) is 3. The van der Waals surface area contributed by atoms with Gasteiger partial charge in [0.25, 0.3) is 0 Å². The van der Waals surface area contributed by atoms with Crippen molar-refractivity contribution in [1.82, 2.24) is 4.90 Å². The van der Waals surface area contributed by atoms with Crippen LogP contribution in [-0.2, 0) is 19.4 Å². The number of guanidine groups is 1. The summed E-state index contributed by atoms with van der Waals surface area (Å²) in [5.74, 6) is 1.32. The Bertz CT molecular complexity index is 792. The Hall–Kier alpha value is -1.80. The van der Waals surface area contributed by atoms with E-state index in [-0.39, 0.29) is 24.0 Å². The van der Waals surface area contributed by atoms with Gasteiger partial charge in [-0.2, -0.15) is 0 Å². The highest BCUT2D eigenvalue weighted by Gasteiger charge is 2.13. The molecule has 0 spiro atoms. The molecule has 3 N–H and O–H groups in total. The van der Waals surface area contributed by atoms with Crippen LogP contribution in [-0.4, -0.2) is 38.1 Å². The standard InChI is InChI=1S/C22H30N4O.HI/c1-26(2)13-14-27-19-10-5-7-17(15-19)16-24-22(23)25-21-12-6-9-18-8-3-4-11-20(18)21;/h5-7,9-10,12,15H,3-4,8,11,13-14,16H2,1-2H3,(H3,23,24,25);1H. The molecule has 0 saturated heterocycles. The maximum Gasteiger partial charge on any atom is 0.193 e. The van der Waals surface area contributed by atoms with E-state index in [1.807, 2.05) is 38.4 Å². The predicted molar refractivity (Wildman–Crippen MR) is 128 cm³/mol. The number of fused-ring (bicyclic) bond motifs is 1. The van der Waals surface area contributed by atoms with Crippen molar-refractivity contribution >= 4 is 35.6 Å². The fraction of sp³-hybridized carbons (Fsp3) is 0.409. The van der Waals surface area contributed by atoms with Gasteiger partial charge < -0.3 is 20.7 Å². The van der Waals surface area contributed by atoms with E-state index in [2.05, 4.69) is 33.4 Å². The minimum atomic E-state index is 0. The molecule has 5 nitrogen and oxygen atoms in total. The van der Waals surface area contributed by atoms with Crippen LogP contribution in [0.15, 0.2) is 47.5 Å². The van der Waals surface area contributed by atoms with E-state index >= 15 is 0 Å². The third-order valence-corrected chi connectivity index (χ3v) is 4.80. The smallest absolute Gasteiger partial charge is 0.193 e. The second kappa shape index (κ2) is 11.3. The minimum Gasteiger partial charge on any atom is -0.492 e. The third kappa shape index (κ3) is 6.67. The summed E-state index contributed by atoms with van der Waals surface area (Å²) in [4.78, 5) is 6.61. The Labute approximate surface area is 185 Å². The van der Waals surface area contributed by atoms with E-state index in [1.165, 1.54) is 24.0 Å². The first-order valence-electron chi connectivity index (χ1n) is 9.66. The highest BCUT2D eigenvalue weighted by Crippen LogP contribution is 2.27. The van der Waals surface area contributed by atoms with Gasteiger partial charge in [0.05, 0.1) is 6.54 Å². The monoisotopic (exact) mass is 494 g/mol. The van der Waals surface area contributed by atoms with Gasteiger partial charge in [-0.25, -0.2) is 4.99 Å². The number of rotatable bonds is 7. The van der Waals surface area contributed by atoms with Crippen LogP contribution in [0.4, 0.5) is 5.69 Å². The molecule has 0 heterocycles. The Kier molecular flexibility index (Phi) is 9.05. The summed E-state index contributed by atoms with van der Waals surface area (Å²) < 4.78 is 5.79. The molecular formula is C22H31IN4O. The van der Waals surface area contributed by atoms with E-state index in [4.69, 9.17) is 10.5 Å². The summed E-state index contributed by atoms with van der Waals surface area (Å²) >= 11 is 0. The zero-order chi connectivity index (χ0) is 19.1. The lowest BCUT2D eigenvalue weighted by molar-refractivity contribution is 0.261. The molecule has 0 atom stereocenters.